The molecular weight excluding hydrogens is 284 g/mol. The van der Waals surface area contributed by atoms with Gasteiger partial charge in [-0.2, -0.15) is 4.39 Å². The third kappa shape index (κ3) is 4.21. The van der Waals surface area contributed by atoms with Crippen molar-refractivity contribution in [2.75, 3.05) is 6.61 Å². The van der Waals surface area contributed by atoms with Crippen molar-refractivity contribution in [1.29, 1.82) is 0 Å². The van der Waals surface area contributed by atoms with Crippen molar-refractivity contribution >= 4 is 11.7 Å². The predicted molar refractivity (Wildman–Crippen MR) is 71.8 cm³/mol. The smallest absolute Gasteiger partial charge is 0.313 e. The van der Waals surface area contributed by atoms with Crippen LogP contribution in [-0.2, 0) is 9.53 Å². The van der Waals surface area contributed by atoms with Gasteiger partial charge in [-0.1, -0.05) is 13.8 Å². The first kappa shape index (κ1) is 17.0. The van der Waals surface area contributed by atoms with E-state index >= 15 is 0 Å². The highest BCUT2D eigenvalue weighted by molar-refractivity contribution is 5.78. The summed E-state index contributed by atoms with van der Waals surface area (Å²) < 4.78 is 32.6. The molecule has 1 rings (SSSR count). The minimum absolute atomic E-state index is 0.0389. The molecule has 5 nitrogen and oxygen atoms in total. The van der Waals surface area contributed by atoms with Gasteiger partial charge < -0.3 is 4.74 Å². The van der Waals surface area contributed by atoms with Crippen LogP contribution in [0.4, 0.5) is 14.5 Å². The van der Waals surface area contributed by atoms with E-state index in [-0.39, 0.29) is 24.5 Å². The van der Waals surface area contributed by atoms with Crippen molar-refractivity contribution in [3.8, 4) is 0 Å². The highest BCUT2D eigenvalue weighted by Crippen LogP contribution is 2.31. The van der Waals surface area contributed by atoms with Crippen LogP contribution in [-0.4, -0.2) is 17.5 Å². The lowest BCUT2D eigenvalue weighted by Crippen LogP contribution is -2.19. The summed E-state index contributed by atoms with van der Waals surface area (Å²) in [6, 6.07) is 1.20. The molecule has 0 aliphatic carbocycles. The van der Waals surface area contributed by atoms with Crippen LogP contribution in [0, 0.1) is 27.7 Å². The highest BCUT2D eigenvalue weighted by atomic mass is 19.1. The van der Waals surface area contributed by atoms with Crippen LogP contribution in [0.5, 0.6) is 0 Å². The Balaban J connectivity index is 3.27. The number of esters is 1. The Morgan fingerprint density at radius 1 is 1.33 bits per heavy atom. The molecule has 1 aromatic carbocycles. The van der Waals surface area contributed by atoms with Crippen LogP contribution in [0.3, 0.4) is 0 Å². The molecule has 0 aromatic heterocycles. The molecule has 0 heterocycles. The summed E-state index contributed by atoms with van der Waals surface area (Å²) >= 11 is 0. The van der Waals surface area contributed by atoms with E-state index in [2.05, 4.69) is 0 Å². The van der Waals surface area contributed by atoms with Gasteiger partial charge in [0.1, 0.15) is 5.82 Å². The Hall–Kier alpha value is -2.05. The average Bonchev–Trinajstić information content (AvgIpc) is 2.38. The van der Waals surface area contributed by atoms with Crippen molar-refractivity contribution in [3.63, 3.8) is 0 Å². The second-order valence-corrected chi connectivity index (χ2v) is 5.02. The van der Waals surface area contributed by atoms with E-state index in [0.717, 1.165) is 0 Å². The number of carbonyl (C=O) groups excluding carboxylic acids is 1. The van der Waals surface area contributed by atoms with Gasteiger partial charge >= 0.3 is 11.7 Å². The molecule has 21 heavy (non-hydrogen) atoms. The normalized spacial score (nSPS) is 12.3. The zero-order chi connectivity index (χ0) is 16.2. The molecule has 0 saturated heterocycles. The summed E-state index contributed by atoms with van der Waals surface area (Å²) in [6.07, 6.45) is 0.257. The van der Waals surface area contributed by atoms with Crippen LogP contribution < -0.4 is 0 Å². The first-order valence-corrected chi connectivity index (χ1v) is 6.57. The maximum absolute atomic E-state index is 14.0. The Labute approximate surface area is 121 Å². The SMILES string of the molecule is CCOC(=O)C(CC(C)C)c1cc(F)c([N+](=O)[O-])cc1F. The largest absolute Gasteiger partial charge is 0.466 e. The number of carbonyl (C=O) groups is 1. The van der Waals surface area contributed by atoms with Gasteiger partial charge in [0.15, 0.2) is 0 Å². The molecule has 0 aliphatic heterocycles. The van der Waals surface area contributed by atoms with Gasteiger partial charge in [0, 0.05) is 5.56 Å². The number of nitro groups is 1. The summed E-state index contributed by atoms with van der Waals surface area (Å²) in [7, 11) is 0. The molecule has 0 aliphatic rings. The predicted octanol–water partition coefficient (Wildman–Crippen LogP) is 3.57. The lowest BCUT2D eigenvalue weighted by molar-refractivity contribution is -0.387. The molecule has 0 N–H and O–H groups in total. The van der Waals surface area contributed by atoms with E-state index in [1.165, 1.54) is 0 Å². The molecule has 0 radical (unpaired) electrons. The maximum atomic E-state index is 14.0. The molecule has 1 unspecified atom stereocenters. The minimum atomic E-state index is -1.17. The number of hydrogen-bond donors (Lipinski definition) is 0. The van der Waals surface area contributed by atoms with Crippen molar-refractivity contribution in [1.82, 2.24) is 0 Å². The number of benzene rings is 1. The Kier molecular flexibility index (Phi) is 5.75. The van der Waals surface area contributed by atoms with Crippen LogP contribution in [0.15, 0.2) is 12.1 Å². The molecule has 1 aromatic rings. The number of nitrogens with zero attached hydrogens (tertiary/aromatic N) is 1. The standard InChI is InChI=1S/C14H17F2NO4/c1-4-21-14(18)10(5-8(2)3)9-6-12(16)13(17(19)20)7-11(9)15/h6-8,10H,4-5H2,1-3H3. The second kappa shape index (κ2) is 7.10. The maximum Gasteiger partial charge on any atom is 0.313 e. The number of rotatable bonds is 6. The van der Waals surface area contributed by atoms with E-state index in [9.17, 15) is 23.7 Å². The van der Waals surface area contributed by atoms with Crippen LogP contribution in [0.25, 0.3) is 0 Å². The number of halogens is 2. The van der Waals surface area contributed by atoms with Gasteiger partial charge in [0.25, 0.3) is 0 Å². The molecule has 0 bridgehead atoms. The molecule has 116 valence electrons. The lowest BCUT2D eigenvalue weighted by Gasteiger charge is -2.18. The van der Waals surface area contributed by atoms with Gasteiger partial charge in [-0.25, -0.2) is 4.39 Å². The Morgan fingerprint density at radius 3 is 2.43 bits per heavy atom. The Bertz CT molecular complexity index is 546. The molecule has 0 spiro atoms. The zero-order valence-corrected chi connectivity index (χ0v) is 12.1. The molecule has 7 heteroatoms. The monoisotopic (exact) mass is 301 g/mol. The molecule has 0 fully saturated rings. The second-order valence-electron chi connectivity index (χ2n) is 5.02. The highest BCUT2D eigenvalue weighted by Gasteiger charge is 2.29. The number of hydrogen-bond acceptors (Lipinski definition) is 4. The minimum Gasteiger partial charge on any atom is -0.466 e. The third-order valence-electron chi connectivity index (χ3n) is 2.92. The zero-order valence-electron chi connectivity index (χ0n) is 12.1. The van der Waals surface area contributed by atoms with Gasteiger partial charge in [0.05, 0.1) is 23.5 Å². The fourth-order valence-electron chi connectivity index (χ4n) is 2.02. The number of ether oxygens (including phenoxy) is 1. The summed E-state index contributed by atoms with van der Waals surface area (Å²) in [4.78, 5) is 21.5. The molecule has 1 atom stereocenters. The summed E-state index contributed by atoms with van der Waals surface area (Å²) in [5, 5.41) is 10.6. The first-order valence-electron chi connectivity index (χ1n) is 6.57. The van der Waals surface area contributed by atoms with Crippen LogP contribution >= 0.6 is 0 Å². The van der Waals surface area contributed by atoms with Gasteiger partial charge in [-0.15, -0.1) is 0 Å². The fourth-order valence-corrected chi connectivity index (χ4v) is 2.02. The summed E-state index contributed by atoms with van der Waals surface area (Å²) in [6.45, 7) is 5.37. The van der Waals surface area contributed by atoms with Crippen molar-refractivity contribution in [2.24, 2.45) is 5.92 Å². The summed E-state index contributed by atoms with van der Waals surface area (Å²) in [5.41, 5.74) is -1.17. The van der Waals surface area contributed by atoms with E-state index in [0.29, 0.717) is 12.1 Å². The molecule has 0 amide bonds. The number of nitro benzene ring substituents is 1. The third-order valence-corrected chi connectivity index (χ3v) is 2.92. The van der Waals surface area contributed by atoms with Gasteiger partial charge in [-0.3, -0.25) is 14.9 Å². The van der Waals surface area contributed by atoms with Gasteiger partial charge in [0.2, 0.25) is 5.82 Å². The van der Waals surface area contributed by atoms with Gasteiger partial charge in [-0.05, 0) is 25.3 Å². The van der Waals surface area contributed by atoms with Crippen molar-refractivity contribution in [3.05, 3.63) is 39.4 Å². The van der Waals surface area contributed by atoms with Crippen molar-refractivity contribution < 1.29 is 23.2 Å². The van der Waals surface area contributed by atoms with Crippen molar-refractivity contribution in [2.45, 2.75) is 33.1 Å². The Morgan fingerprint density at radius 2 is 1.95 bits per heavy atom. The first-order chi connectivity index (χ1) is 9.77. The lowest BCUT2D eigenvalue weighted by atomic mass is 9.89. The quantitative estimate of drug-likeness (QED) is 0.457. The average molecular weight is 301 g/mol. The summed E-state index contributed by atoms with van der Waals surface area (Å²) in [5.74, 6) is -3.77. The topological polar surface area (TPSA) is 69.4 Å². The fraction of sp³-hybridized carbons (Fsp3) is 0.500. The van der Waals surface area contributed by atoms with E-state index in [4.69, 9.17) is 4.74 Å². The van der Waals surface area contributed by atoms with Crippen LogP contribution in [0.1, 0.15) is 38.7 Å². The van der Waals surface area contributed by atoms with E-state index in [1.54, 1.807) is 6.92 Å². The molecular formula is C14H17F2NO4. The molecule has 0 saturated carbocycles. The van der Waals surface area contributed by atoms with Crippen LogP contribution in [0.2, 0.25) is 0 Å². The van der Waals surface area contributed by atoms with E-state index in [1.807, 2.05) is 13.8 Å². The van der Waals surface area contributed by atoms with E-state index < -0.39 is 34.1 Å².